The zero-order chi connectivity index (χ0) is 15.9. The average molecular weight is 302 g/mol. The Morgan fingerprint density at radius 2 is 2.09 bits per heavy atom. The van der Waals surface area contributed by atoms with Gasteiger partial charge in [-0.3, -0.25) is 10.0 Å². The molecular formula is C16H15FN2O3. The fourth-order valence-corrected chi connectivity index (χ4v) is 2.41. The minimum atomic E-state index is -0.788. The van der Waals surface area contributed by atoms with Crippen molar-refractivity contribution in [3.05, 3.63) is 53.3 Å². The number of fused-ring (bicyclic) bond motifs is 1. The predicted molar refractivity (Wildman–Crippen MR) is 78.6 cm³/mol. The molecule has 1 aliphatic rings. The second-order valence-electron chi connectivity index (χ2n) is 5.26. The van der Waals surface area contributed by atoms with Crippen LogP contribution in [0.3, 0.4) is 0 Å². The first kappa shape index (κ1) is 14.5. The molecule has 5 nitrogen and oxygen atoms in total. The maximum Gasteiger partial charge on any atom is 0.267 e. The lowest BCUT2D eigenvalue weighted by atomic mass is 9.99. The molecule has 114 valence electrons. The summed E-state index contributed by atoms with van der Waals surface area (Å²) in [6.45, 7) is 1.82. The van der Waals surface area contributed by atoms with E-state index in [0.717, 1.165) is 5.56 Å². The van der Waals surface area contributed by atoms with Crippen LogP contribution in [0.25, 0.3) is 0 Å². The van der Waals surface area contributed by atoms with E-state index in [9.17, 15) is 14.4 Å². The van der Waals surface area contributed by atoms with Crippen molar-refractivity contribution in [2.75, 3.05) is 5.06 Å². The van der Waals surface area contributed by atoms with E-state index in [0.29, 0.717) is 34.2 Å². The molecule has 0 spiro atoms. The fourth-order valence-electron chi connectivity index (χ4n) is 2.41. The van der Waals surface area contributed by atoms with E-state index in [1.54, 1.807) is 24.3 Å². The van der Waals surface area contributed by atoms with Crippen LogP contribution >= 0.6 is 0 Å². The summed E-state index contributed by atoms with van der Waals surface area (Å²) in [6.07, 6.45) is 0.310. The molecule has 0 fully saturated rings. The third-order valence-electron chi connectivity index (χ3n) is 3.62. The molecule has 22 heavy (non-hydrogen) atoms. The Bertz CT molecular complexity index is 748. The van der Waals surface area contributed by atoms with E-state index in [-0.39, 0.29) is 5.82 Å². The standard InChI is InChI=1S/C16H15FN2O3/c1-9-2-3-11(17)8-15(9)22-12-4-5-14-10(6-12)7-13(18)16(20)19(14)21/h2-6,8,13,21H,7,18H2,1H3/t13-/m0/s1. The molecule has 0 saturated carbocycles. The summed E-state index contributed by atoms with van der Waals surface area (Å²) in [5.74, 6) is -0.0192. The van der Waals surface area contributed by atoms with Gasteiger partial charge in [-0.1, -0.05) is 6.07 Å². The van der Waals surface area contributed by atoms with Gasteiger partial charge in [-0.05, 0) is 48.7 Å². The van der Waals surface area contributed by atoms with Gasteiger partial charge in [-0.15, -0.1) is 0 Å². The molecule has 3 N–H and O–H groups in total. The number of ether oxygens (including phenoxy) is 1. The fraction of sp³-hybridized carbons (Fsp3) is 0.188. The van der Waals surface area contributed by atoms with Crippen molar-refractivity contribution in [3.63, 3.8) is 0 Å². The molecule has 1 amide bonds. The number of halogens is 1. The van der Waals surface area contributed by atoms with E-state index < -0.39 is 11.9 Å². The van der Waals surface area contributed by atoms with Crippen LogP contribution in [0.15, 0.2) is 36.4 Å². The van der Waals surface area contributed by atoms with Crippen LogP contribution in [-0.2, 0) is 11.2 Å². The first-order valence-electron chi connectivity index (χ1n) is 6.81. The van der Waals surface area contributed by atoms with Gasteiger partial charge in [0.25, 0.3) is 5.91 Å². The van der Waals surface area contributed by atoms with Crippen LogP contribution in [-0.4, -0.2) is 17.2 Å². The molecule has 3 rings (SSSR count). The Balaban J connectivity index is 1.93. The Kier molecular flexibility index (Phi) is 3.56. The van der Waals surface area contributed by atoms with Gasteiger partial charge in [0.15, 0.2) is 0 Å². The highest BCUT2D eigenvalue weighted by molar-refractivity contribution is 5.98. The third kappa shape index (κ3) is 2.54. The third-order valence-corrected chi connectivity index (χ3v) is 3.62. The zero-order valence-corrected chi connectivity index (χ0v) is 11.9. The van der Waals surface area contributed by atoms with Crippen molar-refractivity contribution in [2.45, 2.75) is 19.4 Å². The minimum absolute atomic E-state index is 0.310. The summed E-state index contributed by atoms with van der Waals surface area (Å²) in [4.78, 5) is 11.6. The summed E-state index contributed by atoms with van der Waals surface area (Å²) in [5, 5.41) is 10.3. The summed E-state index contributed by atoms with van der Waals surface area (Å²) in [6, 6.07) is 8.39. The molecule has 1 atom stereocenters. The van der Waals surface area contributed by atoms with E-state index in [4.69, 9.17) is 10.5 Å². The van der Waals surface area contributed by atoms with Gasteiger partial charge in [0, 0.05) is 6.07 Å². The summed E-state index contributed by atoms with van der Waals surface area (Å²) in [7, 11) is 0. The highest BCUT2D eigenvalue weighted by Crippen LogP contribution is 2.32. The number of hydrogen-bond acceptors (Lipinski definition) is 4. The molecule has 0 unspecified atom stereocenters. The number of benzene rings is 2. The van der Waals surface area contributed by atoms with Crippen LogP contribution < -0.4 is 15.5 Å². The molecular weight excluding hydrogens is 287 g/mol. The largest absolute Gasteiger partial charge is 0.457 e. The first-order chi connectivity index (χ1) is 10.5. The Morgan fingerprint density at radius 1 is 1.32 bits per heavy atom. The predicted octanol–water partition coefficient (Wildman–Crippen LogP) is 2.53. The molecule has 6 heteroatoms. The lowest BCUT2D eigenvalue weighted by Crippen LogP contribution is -2.47. The van der Waals surface area contributed by atoms with Crippen molar-refractivity contribution < 1.29 is 19.1 Å². The van der Waals surface area contributed by atoms with Crippen molar-refractivity contribution in [1.29, 1.82) is 0 Å². The number of carbonyl (C=O) groups is 1. The molecule has 1 aliphatic heterocycles. The maximum absolute atomic E-state index is 13.3. The van der Waals surface area contributed by atoms with Crippen LogP contribution in [0, 0.1) is 12.7 Å². The van der Waals surface area contributed by atoms with Gasteiger partial charge >= 0.3 is 0 Å². The van der Waals surface area contributed by atoms with Crippen molar-refractivity contribution in [3.8, 4) is 11.5 Å². The molecule has 0 aliphatic carbocycles. The Morgan fingerprint density at radius 3 is 2.86 bits per heavy atom. The number of carbonyl (C=O) groups excluding carboxylic acids is 1. The summed E-state index contributed by atoms with van der Waals surface area (Å²) in [5.41, 5.74) is 7.57. The highest BCUT2D eigenvalue weighted by atomic mass is 19.1. The van der Waals surface area contributed by atoms with Gasteiger partial charge in [0.2, 0.25) is 0 Å². The smallest absolute Gasteiger partial charge is 0.267 e. The number of nitrogens with two attached hydrogens (primary N) is 1. The number of hydroxylamine groups is 1. The lowest BCUT2D eigenvalue weighted by Gasteiger charge is -2.27. The molecule has 0 radical (unpaired) electrons. The Hall–Kier alpha value is -2.44. The number of aryl methyl sites for hydroxylation is 1. The van der Waals surface area contributed by atoms with Gasteiger partial charge in [-0.25, -0.2) is 4.39 Å². The minimum Gasteiger partial charge on any atom is -0.457 e. The topological polar surface area (TPSA) is 75.8 Å². The Labute approximate surface area is 126 Å². The molecule has 1 heterocycles. The van der Waals surface area contributed by atoms with Crippen molar-refractivity contribution in [1.82, 2.24) is 0 Å². The summed E-state index contributed by atoms with van der Waals surface area (Å²) >= 11 is 0. The number of amides is 1. The van der Waals surface area contributed by atoms with Gasteiger partial charge < -0.3 is 10.5 Å². The number of hydrogen-bond donors (Lipinski definition) is 2. The SMILES string of the molecule is Cc1ccc(F)cc1Oc1ccc2c(c1)C[C@H](N)C(=O)N2O. The van der Waals surface area contributed by atoms with E-state index in [1.165, 1.54) is 12.1 Å². The first-order valence-corrected chi connectivity index (χ1v) is 6.81. The van der Waals surface area contributed by atoms with E-state index >= 15 is 0 Å². The van der Waals surface area contributed by atoms with Crippen LogP contribution in [0.2, 0.25) is 0 Å². The van der Waals surface area contributed by atoms with Gasteiger partial charge in [-0.2, -0.15) is 5.06 Å². The maximum atomic E-state index is 13.3. The van der Waals surface area contributed by atoms with Crippen LogP contribution in [0.5, 0.6) is 11.5 Å². The van der Waals surface area contributed by atoms with Crippen molar-refractivity contribution >= 4 is 11.6 Å². The van der Waals surface area contributed by atoms with E-state index in [2.05, 4.69) is 0 Å². The quantitative estimate of drug-likeness (QED) is 0.836. The van der Waals surface area contributed by atoms with E-state index in [1.807, 2.05) is 6.92 Å². The monoisotopic (exact) mass is 302 g/mol. The average Bonchev–Trinajstić information content (AvgIpc) is 2.48. The zero-order valence-electron chi connectivity index (χ0n) is 11.9. The van der Waals surface area contributed by atoms with Crippen LogP contribution in [0.4, 0.5) is 10.1 Å². The second-order valence-corrected chi connectivity index (χ2v) is 5.26. The van der Waals surface area contributed by atoms with Crippen LogP contribution in [0.1, 0.15) is 11.1 Å². The van der Waals surface area contributed by atoms with Gasteiger partial charge in [0.1, 0.15) is 17.3 Å². The lowest BCUT2D eigenvalue weighted by molar-refractivity contribution is -0.125. The molecule has 2 aromatic carbocycles. The molecule has 0 saturated heterocycles. The second kappa shape index (κ2) is 5.40. The van der Waals surface area contributed by atoms with Gasteiger partial charge in [0.05, 0.1) is 11.7 Å². The highest BCUT2D eigenvalue weighted by Gasteiger charge is 2.29. The normalized spacial score (nSPS) is 17.4. The summed E-state index contributed by atoms with van der Waals surface area (Å²) < 4.78 is 19.0. The molecule has 2 aromatic rings. The van der Waals surface area contributed by atoms with Crippen molar-refractivity contribution in [2.24, 2.45) is 5.73 Å². The number of nitrogens with zero attached hydrogens (tertiary/aromatic N) is 1. The molecule has 0 bridgehead atoms. The molecule has 0 aromatic heterocycles. The number of rotatable bonds is 2. The number of anilines is 1.